The van der Waals surface area contributed by atoms with Crippen LogP contribution in [0.5, 0.6) is 0 Å². The van der Waals surface area contributed by atoms with Crippen LogP contribution in [0.3, 0.4) is 0 Å². The molecule has 2 aromatic rings. The summed E-state index contributed by atoms with van der Waals surface area (Å²) in [4.78, 5) is 39.1. The number of nitrogens with one attached hydrogen (secondary N) is 1. The van der Waals surface area contributed by atoms with Crippen LogP contribution in [0, 0.1) is 5.92 Å². The SMILES string of the molecule is CSCC[C@H](NC(=O)OCC1c2ccccc2-c2ccccc21)C(=O)N1CCC(C)C1C(=O)O. The molecule has 0 saturated carbocycles. The zero-order valence-corrected chi connectivity index (χ0v) is 20.2. The summed E-state index contributed by atoms with van der Waals surface area (Å²) >= 11 is 1.56. The van der Waals surface area contributed by atoms with Crippen molar-refractivity contribution in [1.29, 1.82) is 0 Å². The van der Waals surface area contributed by atoms with Gasteiger partial charge in [0.2, 0.25) is 5.91 Å². The number of aliphatic carboxylic acids is 1. The summed E-state index contributed by atoms with van der Waals surface area (Å²) in [6.07, 6.45) is 2.29. The number of amides is 2. The Labute approximate surface area is 203 Å². The Kier molecular flexibility index (Phi) is 7.46. The van der Waals surface area contributed by atoms with Gasteiger partial charge in [0.05, 0.1) is 0 Å². The standard InChI is InChI=1S/C26H30N2O5S/c1-16-11-13-28(23(16)25(30)31)24(29)22(12-14-34-2)27-26(32)33-15-21-19-9-5-3-7-17(19)18-8-4-6-10-20(18)21/h3-10,16,21-23H,11-15H2,1-2H3,(H,27,32)(H,30,31)/t16?,22-,23?/m0/s1. The second-order valence-corrected chi connectivity index (χ2v) is 9.87. The fraction of sp³-hybridized carbons (Fsp3) is 0.423. The zero-order valence-electron chi connectivity index (χ0n) is 19.4. The van der Waals surface area contributed by atoms with E-state index in [0.29, 0.717) is 25.1 Å². The van der Waals surface area contributed by atoms with Crippen molar-refractivity contribution < 1.29 is 24.2 Å². The Bertz CT molecular complexity index is 1030. The Balaban J connectivity index is 1.44. The highest BCUT2D eigenvalue weighted by Crippen LogP contribution is 2.44. The Morgan fingerprint density at radius 1 is 1.12 bits per heavy atom. The Hall–Kier alpha value is -3.00. The molecular weight excluding hydrogens is 452 g/mol. The third-order valence-electron chi connectivity index (χ3n) is 6.78. The van der Waals surface area contributed by atoms with E-state index in [2.05, 4.69) is 17.4 Å². The first-order valence-corrected chi connectivity index (χ1v) is 13.0. The van der Waals surface area contributed by atoms with Crippen LogP contribution in [0.1, 0.15) is 36.8 Å². The summed E-state index contributed by atoms with van der Waals surface area (Å²) < 4.78 is 5.61. The van der Waals surface area contributed by atoms with E-state index >= 15 is 0 Å². The maximum absolute atomic E-state index is 13.2. The number of carboxylic acids is 1. The number of carbonyl (C=O) groups is 3. The number of carboxylic acid groups (broad SMARTS) is 1. The Morgan fingerprint density at radius 2 is 1.74 bits per heavy atom. The number of carbonyl (C=O) groups excluding carboxylic acids is 2. The highest BCUT2D eigenvalue weighted by Gasteiger charge is 2.42. The second kappa shape index (κ2) is 10.5. The van der Waals surface area contributed by atoms with E-state index in [4.69, 9.17) is 4.74 Å². The summed E-state index contributed by atoms with van der Waals surface area (Å²) in [5.41, 5.74) is 4.51. The van der Waals surface area contributed by atoms with Crippen LogP contribution in [0.25, 0.3) is 11.1 Å². The Morgan fingerprint density at radius 3 is 2.32 bits per heavy atom. The molecule has 8 heteroatoms. The lowest BCUT2D eigenvalue weighted by atomic mass is 9.98. The van der Waals surface area contributed by atoms with Gasteiger partial charge in [0, 0.05) is 12.5 Å². The first-order valence-electron chi connectivity index (χ1n) is 11.6. The molecule has 4 rings (SSSR count). The summed E-state index contributed by atoms with van der Waals surface area (Å²) in [7, 11) is 0. The van der Waals surface area contributed by atoms with Gasteiger partial charge < -0.3 is 20.1 Å². The molecule has 0 bridgehead atoms. The largest absolute Gasteiger partial charge is 0.480 e. The maximum Gasteiger partial charge on any atom is 0.407 e. The third-order valence-corrected chi connectivity index (χ3v) is 7.42. The van der Waals surface area contributed by atoms with Crippen molar-refractivity contribution in [2.45, 2.75) is 37.8 Å². The molecule has 0 spiro atoms. The molecule has 2 aromatic carbocycles. The van der Waals surface area contributed by atoms with Crippen LogP contribution in [0.2, 0.25) is 0 Å². The van der Waals surface area contributed by atoms with Gasteiger partial charge in [-0.3, -0.25) is 4.79 Å². The molecule has 7 nitrogen and oxygen atoms in total. The molecule has 1 heterocycles. The maximum atomic E-state index is 13.2. The molecule has 3 atom stereocenters. The number of thioether (sulfide) groups is 1. The lowest BCUT2D eigenvalue weighted by molar-refractivity contribution is -0.150. The van der Waals surface area contributed by atoms with E-state index in [1.165, 1.54) is 4.90 Å². The molecule has 0 aromatic heterocycles. The molecule has 1 fully saturated rings. The molecule has 2 unspecified atom stereocenters. The van der Waals surface area contributed by atoms with Gasteiger partial charge in [-0.25, -0.2) is 9.59 Å². The molecular formula is C26H30N2O5S. The fourth-order valence-corrected chi connectivity index (χ4v) is 5.52. The number of rotatable bonds is 8. The lowest BCUT2D eigenvalue weighted by Gasteiger charge is -2.28. The van der Waals surface area contributed by atoms with Crippen molar-refractivity contribution >= 4 is 29.7 Å². The van der Waals surface area contributed by atoms with Gasteiger partial charge in [0.15, 0.2) is 0 Å². The summed E-state index contributed by atoms with van der Waals surface area (Å²) in [5.74, 6) is -0.921. The van der Waals surface area contributed by atoms with Crippen molar-refractivity contribution in [3.63, 3.8) is 0 Å². The predicted molar refractivity (Wildman–Crippen MR) is 132 cm³/mol. The first-order chi connectivity index (χ1) is 16.4. The van der Waals surface area contributed by atoms with Gasteiger partial charge in [-0.05, 0) is 53.0 Å². The van der Waals surface area contributed by atoms with Crippen molar-refractivity contribution in [2.75, 3.05) is 25.2 Å². The first kappa shape index (κ1) is 24.1. The monoisotopic (exact) mass is 482 g/mol. The molecule has 2 amide bonds. The minimum Gasteiger partial charge on any atom is -0.480 e. The quantitative estimate of drug-likeness (QED) is 0.591. The molecule has 1 aliphatic carbocycles. The van der Waals surface area contributed by atoms with Gasteiger partial charge in [-0.1, -0.05) is 55.5 Å². The lowest BCUT2D eigenvalue weighted by Crippen LogP contribution is -2.52. The molecule has 2 N–H and O–H groups in total. The van der Waals surface area contributed by atoms with E-state index in [9.17, 15) is 19.5 Å². The predicted octanol–water partition coefficient (Wildman–Crippen LogP) is 3.97. The van der Waals surface area contributed by atoms with Crippen molar-refractivity contribution in [3.05, 3.63) is 59.7 Å². The smallest absolute Gasteiger partial charge is 0.407 e. The van der Waals surface area contributed by atoms with E-state index < -0.39 is 24.1 Å². The van der Waals surface area contributed by atoms with E-state index in [1.807, 2.05) is 49.6 Å². The summed E-state index contributed by atoms with van der Waals surface area (Å²) in [6, 6.07) is 14.5. The summed E-state index contributed by atoms with van der Waals surface area (Å²) in [5, 5.41) is 12.3. The normalized spacial score (nSPS) is 19.9. The average Bonchev–Trinajstić information content (AvgIpc) is 3.38. The molecule has 0 radical (unpaired) electrons. The van der Waals surface area contributed by atoms with Crippen molar-refractivity contribution in [1.82, 2.24) is 10.2 Å². The van der Waals surface area contributed by atoms with Crippen LogP contribution in [0.15, 0.2) is 48.5 Å². The number of benzene rings is 2. The highest BCUT2D eigenvalue weighted by atomic mass is 32.2. The fourth-order valence-electron chi connectivity index (χ4n) is 5.05. The van der Waals surface area contributed by atoms with Gasteiger partial charge in [0.25, 0.3) is 0 Å². The molecule has 2 aliphatic rings. The number of hydrogen-bond donors (Lipinski definition) is 2. The zero-order chi connectivity index (χ0) is 24.2. The molecule has 34 heavy (non-hydrogen) atoms. The third kappa shape index (κ3) is 4.78. The van der Waals surface area contributed by atoms with Crippen molar-refractivity contribution in [3.8, 4) is 11.1 Å². The van der Waals surface area contributed by atoms with E-state index in [-0.39, 0.29) is 24.3 Å². The van der Waals surface area contributed by atoms with Gasteiger partial charge >= 0.3 is 12.1 Å². The molecule has 180 valence electrons. The highest BCUT2D eigenvalue weighted by molar-refractivity contribution is 7.98. The van der Waals surface area contributed by atoms with E-state index in [1.54, 1.807) is 11.8 Å². The topological polar surface area (TPSA) is 95.9 Å². The van der Waals surface area contributed by atoms with Gasteiger partial charge in [-0.2, -0.15) is 11.8 Å². The minimum absolute atomic E-state index is 0.0747. The number of hydrogen-bond acceptors (Lipinski definition) is 5. The molecule has 1 saturated heterocycles. The number of fused-ring (bicyclic) bond motifs is 3. The van der Waals surface area contributed by atoms with E-state index in [0.717, 1.165) is 22.3 Å². The van der Waals surface area contributed by atoms with Crippen LogP contribution < -0.4 is 5.32 Å². The number of alkyl carbamates (subject to hydrolysis) is 1. The number of nitrogens with zero attached hydrogens (tertiary/aromatic N) is 1. The van der Waals surface area contributed by atoms with Crippen LogP contribution in [-0.4, -0.2) is 65.2 Å². The van der Waals surface area contributed by atoms with Gasteiger partial charge in [0.1, 0.15) is 18.7 Å². The van der Waals surface area contributed by atoms with Crippen molar-refractivity contribution in [2.24, 2.45) is 5.92 Å². The molecule has 1 aliphatic heterocycles. The second-order valence-electron chi connectivity index (χ2n) is 8.88. The minimum atomic E-state index is -1.01. The van der Waals surface area contributed by atoms with Crippen LogP contribution in [-0.2, 0) is 14.3 Å². The number of ether oxygens (including phenoxy) is 1. The van der Waals surface area contributed by atoms with Crippen LogP contribution >= 0.6 is 11.8 Å². The van der Waals surface area contributed by atoms with Gasteiger partial charge in [-0.15, -0.1) is 0 Å². The van der Waals surface area contributed by atoms with Crippen LogP contribution in [0.4, 0.5) is 4.79 Å². The number of likely N-dealkylation sites (tertiary alicyclic amines) is 1. The summed E-state index contributed by atoms with van der Waals surface area (Å²) in [6.45, 7) is 2.36. The average molecular weight is 483 g/mol.